The van der Waals surface area contributed by atoms with Crippen LogP contribution in [-0.2, 0) is 0 Å². The highest BCUT2D eigenvalue weighted by Gasteiger charge is 2.17. The maximum absolute atomic E-state index is 11.9. The summed E-state index contributed by atoms with van der Waals surface area (Å²) in [6, 6.07) is 0.126. The Morgan fingerprint density at radius 3 is 2.05 bits per heavy atom. The number of nitrogens with zero attached hydrogens (tertiary/aromatic N) is 2. The number of nitrogens with one attached hydrogen (secondary N) is 1. The third-order valence-electron chi connectivity index (χ3n) is 4.10. The van der Waals surface area contributed by atoms with E-state index in [0.29, 0.717) is 0 Å². The molecule has 0 bridgehead atoms. The molecule has 0 aliphatic carbocycles. The maximum Gasteiger partial charge on any atom is 0.317 e. The van der Waals surface area contributed by atoms with Gasteiger partial charge in [-0.2, -0.15) is 0 Å². The van der Waals surface area contributed by atoms with Gasteiger partial charge in [-0.1, -0.05) is 51.9 Å². The molecule has 0 spiro atoms. The Morgan fingerprint density at radius 2 is 1.45 bits per heavy atom. The number of hydrogen-bond donors (Lipinski definition) is 1. The summed E-state index contributed by atoms with van der Waals surface area (Å²) >= 11 is 0. The van der Waals surface area contributed by atoms with Gasteiger partial charge in [0.05, 0.1) is 0 Å². The van der Waals surface area contributed by atoms with Crippen molar-refractivity contribution in [1.82, 2.24) is 15.1 Å². The van der Waals surface area contributed by atoms with Crippen molar-refractivity contribution in [2.45, 2.75) is 58.3 Å². The van der Waals surface area contributed by atoms with Crippen molar-refractivity contribution >= 4 is 6.03 Å². The SMILES string of the molecule is CCCCCCCCCCNC(=O)N1CCN(C)CC1. The van der Waals surface area contributed by atoms with Crippen molar-refractivity contribution in [2.24, 2.45) is 0 Å². The van der Waals surface area contributed by atoms with Gasteiger partial charge in [0.15, 0.2) is 0 Å². The summed E-state index contributed by atoms with van der Waals surface area (Å²) in [6.07, 6.45) is 10.5. The molecular formula is C16H33N3O. The summed E-state index contributed by atoms with van der Waals surface area (Å²) in [7, 11) is 2.11. The van der Waals surface area contributed by atoms with Crippen LogP contribution in [0.25, 0.3) is 0 Å². The molecular weight excluding hydrogens is 250 g/mol. The van der Waals surface area contributed by atoms with Crippen LogP contribution in [0.3, 0.4) is 0 Å². The van der Waals surface area contributed by atoms with Crippen LogP contribution in [0.1, 0.15) is 58.3 Å². The predicted octanol–water partition coefficient (Wildman–Crippen LogP) is 3.08. The highest BCUT2D eigenvalue weighted by Crippen LogP contribution is 2.08. The summed E-state index contributed by atoms with van der Waals surface area (Å²) in [4.78, 5) is 16.1. The first-order chi connectivity index (χ1) is 9.74. The molecule has 4 nitrogen and oxygen atoms in total. The third kappa shape index (κ3) is 7.73. The van der Waals surface area contributed by atoms with Crippen LogP contribution in [0.2, 0.25) is 0 Å². The standard InChI is InChI=1S/C16H33N3O/c1-3-4-5-6-7-8-9-10-11-17-16(20)19-14-12-18(2)13-15-19/h3-15H2,1-2H3,(H,17,20). The molecule has 1 rings (SSSR count). The first-order valence-electron chi connectivity index (χ1n) is 8.45. The molecule has 1 saturated heterocycles. The van der Waals surface area contributed by atoms with Gasteiger partial charge >= 0.3 is 6.03 Å². The number of piperazine rings is 1. The number of rotatable bonds is 9. The number of carbonyl (C=O) groups is 1. The molecule has 0 aromatic rings. The van der Waals surface area contributed by atoms with E-state index in [2.05, 4.69) is 24.2 Å². The molecule has 2 amide bonds. The number of likely N-dealkylation sites (N-methyl/N-ethyl adjacent to an activating group) is 1. The van der Waals surface area contributed by atoms with E-state index >= 15 is 0 Å². The van der Waals surface area contributed by atoms with E-state index in [-0.39, 0.29) is 6.03 Å². The maximum atomic E-state index is 11.9. The summed E-state index contributed by atoms with van der Waals surface area (Å²) in [5.41, 5.74) is 0. The minimum atomic E-state index is 0.126. The number of urea groups is 1. The van der Waals surface area contributed by atoms with E-state index < -0.39 is 0 Å². The average molecular weight is 283 g/mol. The summed E-state index contributed by atoms with van der Waals surface area (Å²) < 4.78 is 0. The van der Waals surface area contributed by atoms with Gasteiger partial charge in [-0.05, 0) is 13.5 Å². The van der Waals surface area contributed by atoms with Crippen molar-refractivity contribution in [3.05, 3.63) is 0 Å². The quantitative estimate of drug-likeness (QED) is 0.660. The topological polar surface area (TPSA) is 35.6 Å². The van der Waals surface area contributed by atoms with Crippen LogP contribution in [0.15, 0.2) is 0 Å². The van der Waals surface area contributed by atoms with Gasteiger partial charge in [0.1, 0.15) is 0 Å². The lowest BCUT2D eigenvalue weighted by Gasteiger charge is -2.32. The fourth-order valence-electron chi connectivity index (χ4n) is 2.58. The zero-order chi connectivity index (χ0) is 14.6. The van der Waals surface area contributed by atoms with Gasteiger partial charge in [0, 0.05) is 32.7 Å². The molecule has 1 aliphatic heterocycles. The first-order valence-corrected chi connectivity index (χ1v) is 8.45. The lowest BCUT2D eigenvalue weighted by molar-refractivity contribution is 0.154. The number of amides is 2. The monoisotopic (exact) mass is 283 g/mol. The van der Waals surface area contributed by atoms with Crippen molar-refractivity contribution in [3.63, 3.8) is 0 Å². The molecule has 1 N–H and O–H groups in total. The van der Waals surface area contributed by atoms with Crippen LogP contribution >= 0.6 is 0 Å². The van der Waals surface area contributed by atoms with E-state index in [1.54, 1.807) is 0 Å². The number of carbonyl (C=O) groups excluding carboxylic acids is 1. The van der Waals surface area contributed by atoms with Gasteiger partial charge in [-0.25, -0.2) is 4.79 Å². The van der Waals surface area contributed by atoms with Gasteiger partial charge in [0.2, 0.25) is 0 Å². The molecule has 0 unspecified atom stereocenters. The van der Waals surface area contributed by atoms with Gasteiger partial charge in [-0.3, -0.25) is 0 Å². The molecule has 4 heteroatoms. The average Bonchev–Trinajstić information content (AvgIpc) is 2.46. The van der Waals surface area contributed by atoms with Crippen molar-refractivity contribution in [2.75, 3.05) is 39.8 Å². The van der Waals surface area contributed by atoms with Gasteiger partial charge < -0.3 is 15.1 Å². The van der Waals surface area contributed by atoms with Gasteiger partial charge in [0.25, 0.3) is 0 Å². The Balaban J connectivity index is 1.89. The second-order valence-electron chi connectivity index (χ2n) is 6.00. The molecule has 20 heavy (non-hydrogen) atoms. The van der Waals surface area contributed by atoms with E-state index in [9.17, 15) is 4.79 Å². The first kappa shape index (κ1) is 17.3. The van der Waals surface area contributed by atoms with Crippen LogP contribution in [0.5, 0.6) is 0 Å². The molecule has 0 aromatic heterocycles. The molecule has 1 heterocycles. The molecule has 0 aromatic carbocycles. The smallest absolute Gasteiger partial charge is 0.317 e. The zero-order valence-electron chi connectivity index (χ0n) is 13.5. The van der Waals surface area contributed by atoms with Crippen molar-refractivity contribution < 1.29 is 4.79 Å². The summed E-state index contributed by atoms with van der Waals surface area (Å²) in [6.45, 7) is 6.79. The molecule has 118 valence electrons. The van der Waals surface area contributed by atoms with E-state index in [1.165, 1.54) is 44.9 Å². The van der Waals surface area contributed by atoms with E-state index in [4.69, 9.17) is 0 Å². The minimum Gasteiger partial charge on any atom is -0.338 e. The second kappa shape index (κ2) is 11.0. The Labute approximate surface area is 124 Å². The van der Waals surface area contributed by atoms with Crippen LogP contribution < -0.4 is 5.32 Å². The van der Waals surface area contributed by atoms with Crippen LogP contribution in [0.4, 0.5) is 4.79 Å². The largest absolute Gasteiger partial charge is 0.338 e. The molecule has 0 radical (unpaired) electrons. The highest BCUT2D eigenvalue weighted by molar-refractivity contribution is 5.74. The molecule has 0 atom stereocenters. The second-order valence-corrected chi connectivity index (χ2v) is 6.00. The van der Waals surface area contributed by atoms with Crippen LogP contribution in [-0.4, -0.2) is 55.6 Å². The lowest BCUT2D eigenvalue weighted by Crippen LogP contribution is -2.50. The lowest BCUT2D eigenvalue weighted by atomic mass is 10.1. The van der Waals surface area contributed by atoms with Crippen molar-refractivity contribution in [1.29, 1.82) is 0 Å². The molecule has 0 saturated carbocycles. The number of hydrogen-bond acceptors (Lipinski definition) is 2. The highest BCUT2D eigenvalue weighted by atomic mass is 16.2. The summed E-state index contributed by atoms with van der Waals surface area (Å²) in [5, 5.41) is 3.05. The Bertz CT molecular complexity index is 250. The van der Waals surface area contributed by atoms with Crippen LogP contribution in [0, 0.1) is 0 Å². The number of unbranched alkanes of at least 4 members (excludes halogenated alkanes) is 7. The fourth-order valence-corrected chi connectivity index (χ4v) is 2.58. The normalized spacial score (nSPS) is 16.4. The summed E-state index contributed by atoms with van der Waals surface area (Å²) in [5.74, 6) is 0. The van der Waals surface area contributed by atoms with Gasteiger partial charge in [-0.15, -0.1) is 0 Å². The van der Waals surface area contributed by atoms with Crippen molar-refractivity contribution in [3.8, 4) is 0 Å². The van der Waals surface area contributed by atoms with E-state index in [0.717, 1.165) is 39.1 Å². The molecule has 1 fully saturated rings. The Kier molecular flexibility index (Phi) is 9.46. The molecule has 1 aliphatic rings. The van der Waals surface area contributed by atoms with E-state index in [1.807, 2.05) is 4.90 Å². The Morgan fingerprint density at radius 1 is 0.900 bits per heavy atom. The third-order valence-corrected chi connectivity index (χ3v) is 4.10. The Hall–Kier alpha value is -0.770. The minimum absolute atomic E-state index is 0.126. The fraction of sp³-hybridized carbons (Fsp3) is 0.938. The predicted molar refractivity (Wildman–Crippen MR) is 85.1 cm³/mol. The zero-order valence-corrected chi connectivity index (χ0v) is 13.5.